The average molecular weight is 354 g/mol. The Morgan fingerprint density at radius 3 is 2.46 bits per heavy atom. The van der Waals surface area contributed by atoms with Crippen LogP contribution in [0.4, 0.5) is 0 Å². The summed E-state index contributed by atoms with van der Waals surface area (Å²) in [5.41, 5.74) is 1.22. The summed E-state index contributed by atoms with van der Waals surface area (Å²) in [5, 5.41) is 3.36. The van der Waals surface area contributed by atoms with Crippen molar-refractivity contribution < 1.29 is 4.79 Å². The molecule has 0 radical (unpaired) electrons. The van der Waals surface area contributed by atoms with Gasteiger partial charge in [0.25, 0.3) is 0 Å². The number of rotatable bonds is 4. The zero-order chi connectivity index (χ0) is 17.9. The van der Waals surface area contributed by atoms with Crippen molar-refractivity contribution in [3.63, 3.8) is 0 Å². The molecule has 0 aliphatic heterocycles. The molecule has 0 saturated heterocycles. The number of hydrogen-bond donors (Lipinski definition) is 1. The fourth-order valence-corrected chi connectivity index (χ4v) is 6.33. The Bertz CT molecular complexity index is 890. The first-order valence-corrected chi connectivity index (χ1v) is 9.92. The number of imidazole rings is 1. The van der Waals surface area contributed by atoms with Crippen molar-refractivity contribution in [3.05, 3.63) is 28.8 Å². The highest BCUT2D eigenvalue weighted by atomic mass is 16.2. The van der Waals surface area contributed by atoms with Gasteiger partial charge in [0.15, 0.2) is 5.65 Å². The zero-order valence-electron chi connectivity index (χ0n) is 15.3. The van der Waals surface area contributed by atoms with Gasteiger partial charge in [-0.2, -0.15) is 0 Å². The molecule has 138 valence electrons. The standard InChI is InChI=1S/C20H26N4O2/c1-2-23-18-16(4-3-5-21-18)24(19(23)26)12-17(25)22-20-9-13-6-14(10-20)8-15(7-13)11-20/h3-5,13-15H,2,6-12H2,1H3,(H,22,25). The summed E-state index contributed by atoms with van der Waals surface area (Å²) >= 11 is 0. The van der Waals surface area contributed by atoms with E-state index in [1.54, 1.807) is 15.3 Å². The number of pyridine rings is 1. The molecule has 4 saturated carbocycles. The summed E-state index contributed by atoms with van der Waals surface area (Å²) < 4.78 is 3.20. The van der Waals surface area contributed by atoms with Gasteiger partial charge in [0.1, 0.15) is 6.54 Å². The first-order valence-electron chi connectivity index (χ1n) is 9.92. The average Bonchev–Trinajstić information content (AvgIpc) is 2.85. The van der Waals surface area contributed by atoms with Gasteiger partial charge in [-0.05, 0) is 75.3 Å². The summed E-state index contributed by atoms with van der Waals surface area (Å²) in [6.07, 6.45) is 9.11. The molecule has 0 aromatic carbocycles. The minimum atomic E-state index is -0.151. The second kappa shape index (κ2) is 5.69. The molecule has 1 N–H and O–H groups in total. The number of carbonyl (C=O) groups excluding carboxylic acids is 1. The maximum atomic E-state index is 12.9. The van der Waals surface area contributed by atoms with Gasteiger partial charge in [-0.3, -0.25) is 13.9 Å². The number of aromatic nitrogens is 3. The van der Waals surface area contributed by atoms with E-state index in [9.17, 15) is 9.59 Å². The molecule has 2 aromatic rings. The molecule has 4 fully saturated rings. The first-order chi connectivity index (χ1) is 12.6. The number of aryl methyl sites for hydroxylation is 1. The van der Waals surface area contributed by atoms with Crippen LogP contribution in [0.15, 0.2) is 23.1 Å². The molecule has 2 heterocycles. The van der Waals surface area contributed by atoms with E-state index in [4.69, 9.17) is 0 Å². The monoisotopic (exact) mass is 354 g/mol. The van der Waals surface area contributed by atoms with Crippen molar-refractivity contribution in [2.45, 2.75) is 64.1 Å². The van der Waals surface area contributed by atoms with Crippen molar-refractivity contribution in [2.75, 3.05) is 0 Å². The van der Waals surface area contributed by atoms with Crippen LogP contribution in [0, 0.1) is 17.8 Å². The van der Waals surface area contributed by atoms with Crippen molar-refractivity contribution in [2.24, 2.45) is 17.8 Å². The van der Waals surface area contributed by atoms with Gasteiger partial charge in [0, 0.05) is 18.3 Å². The third-order valence-electron chi connectivity index (χ3n) is 6.84. The van der Waals surface area contributed by atoms with Gasteiger partial charge in [0.2, 0.25) is 5.91 Å². The van der Waals surface area contributed by atoms with Gasteiger partial charge >= 0.3 is 5.69 Å². The number of nitrogens with zero attached hydrogens (tertiary/aromatic N) is 3. The smallest absolute Gasteiger partial charge is 0.330 e. The van der Waals surface area contributed by atoms with Crippen LogP contribution < -0.4 is 11.0 Å². The minimum absolute atomic E-state index is 0.0170. The summed E-state index contributed by atoms with van der Waals surface area (Å²) in [5.74, 6) is 2.33. The Labute approximate surface area is 152 Å². The normalized spacial score (nSPS) is 32.3. The lowest BCUT2D eigenvalue weighted by Gasteiger charge is -2.56. The molecule has 1 amide bonds. The SMILES string of the molecule is CCn1c(=O)n(CC(=O)NC23CC4CC(CC(C4)C2)C3)c2cccnc21. The highest BCUT2D eigenvalue weighted by molar-refractivity contribution is 5.80. The van der Waals surface area contributed by atoms with Crippen LogP contribution >= 0.6 is 0 Å². The van der Waals surface area contributed by atoms with Crippen LogP contribution in [0.2, 0.25) is 0 Å². The Hall–Kier alpha value is -2.11. The molecular formula is C20H26N4O2. The van der Waals surface area contributed by atoms with Crippen molar-refractivity contribution >= 4 is 17.1 Å². The number of amides is 1. The molecule has 0 unspecified atom stereocenters. The van der Waals surface area contributed by atoms with Crippen molar-refractivity contribution in [1.82, 2.24) is 19.4 Å². The molecule has 0 atom stereocenters. The molecular weight excluding hydrogens is 328 g/mol. The number of fused-ring (bicyclic) bond motifs is 1. The van der Waals surface area contributed by atoms with Crippen LogP contribution in [-0.4, -0.2) is 25.6 Å². The van der Waals surface area contributed by atoms with E-state index in [1.165, 1.54) is 19.3 Å². The summed E-state index contributed by atoms with van der Waals surface area (Å²) in [6.45, 7) is 2.56. The topological polar surface area (TPSA) is 68.9 Å². The molecule has 6 rings (SSSR count). The summed E-state index contributed by atoms with van der Waals surface area (Å²) in [6, 6.07) is 3.68. The van der Waals surface area contributed by atoms with Gasteiger partial charge in [-0.15, -0.1) is 0 Å². The van der Waals surface area contributed by atoms with E-state index in [1.807, 2.05) is 19.1 Å². The number of hydrogen-bond acceptors (Lipinski definition) is 3. The first kappa shape index (κ1) is 16.1. The van der Waals surface area contributed by atoms with Crippen LogP contribution in [0.3, 0.4) is 0 Å². The van der Waals surface area contributed by atoms with E-state index in [-0.39, 0.29) is 23.7 Å². The predicted molar refractivity (Wildman–Crippen MR) is 98.7 cm³/mol. The Morgan fingerprint density at radius 2 is 1.85 bits per heavy atom. The fraction of sp³-hybridized carbons (Fsp3) is 0.650. The highest BCUT2D eigenvalue weighted by Crippen LogP contribution is 2.55. The second-order valence-corrected chi connectivity index (χ2v) is 8.71. The Balaban J connectivity index is 1.41. The molecule has 0 spiro atoms. The van der Waals surface area contributed by atoms with Crippen LogP contribution in [0.1, 0.15) is 45.4 Å². The maximum absolute atomic E-state index is 12.9. The van der Waals surface area contributed by atoms with E-state index in [2.05, 4.69) is 10.3 Å². The van der Waals surface area contributed by atoms with E-state index < -0.39 is 0 Å². The van der Waals surface area contributed by atoms with Crippen molar-refractivity contribution in [3.8, 4) is 0 Å². The Morgan fingerprint density at radius 1 is 1.19 bits per heavy atom. The molecule has 4 bridgehead atoms. The van der Waals surface area contributed by atoms with Gasteiger partial charge in [-0.1, -0.05) is 0 Å². The van der Waals surface area contributed by atoms with Gasteiger partial charge < -0.3 is 5.32 Å². The fourth-order valence-electron chi connectivity index (χ4n) is 6.33. The highest BCUT2D eigenvalue weighted by Gasteiger charge is 2.51. The molecule has 4 aliphatic carbocycles. The van der Waals surface area contributed by atoms with Crippen LogP contribution in [0.25, 0.3) is 11.2 Å². The summed E-state index contributed by atoms with van der Waals surface area (Å²) in [4.78, 5) is 29.9. The Kier molecular flexibility index (Phi) is 3.52. The third-order valence-corrected chi connectivity index (χ3v) is 6.84. The third kappa shape index (κ3) is 2.42. The van der Waals surface area contributed by atoms with E-state index in [0.29, 0.717) is 12.2 Å². The van der Waals surface area contributed by atoms with Crippen LogP contribution in [0.5, 0.6) is 0 Å². The van der Waals surface area contributed by atoms with E-state index in [0.717, 1.165) is 42.5 Å². The number of nitrogens with one attached hydrogen (secondary N) is 1. The van der Waals surface area contributed by atoms with Crippen molar-refractivity contribution in [1.29, 1.82) is 0 Å². The molecule has 6 nitrogen and oxygen atoms in total. The van der Waals surface area contributed by atoms with E-state index >= 15 is 0 Å². The lowest BCUT2D eigenvalue weighted by Crippen LogP contribution is -2.60. The predicted octanol–water partition coefficient (Wildman–Crippen LogP) is 2.30. The largest absolute Gasteiger partial charge is 0.349 e. The van der Waals surface area contributed by atoms with Gasteiger partial charge in [0.05, 0.1) is 5.52 Å². The lowest BCUT2D eigenvalue weighted by atomic mass is 9.53. The van der Waals surface area contributed by atoms with Crippen LogP contribution in [-0.2, 0) is 17.9 Å². The molecule has 6 heteroatoms. The summed E-state index contributed by atoms with van der Waals surface area (Å²) in [7, 11) is 0. The number of carbonyl (C=O) groups is 1. The molecule has 26 heavy (non-hydrogen) atoms. The van der Waals surface area contributed by atoms with Gasteiger partial charge in [-0.25, -0.2) is 9.78 Å². The molecule has 4 aliphatic rings. The maximum Gasteiger partial charge on any atom is 0.330 e. The quantitative estimate of drug-likeness (QED) is 0.916. The minimum Gasteiger partial charge on any atom is -0.349 e. The lowest BCUT2D eigenvalue weighted by molar-refractivity contribution is -0.127. The second-order valence-electron chi connectivity index (χ2n) is 8.71. The molecule has 2 aromatic heterocycles. The zero-order valence-corrected chi connectivity index (χ0v) is 15.3.